The van der Waals surface area contributed by atoms with Crippen molar-refractivity contribution in [1.82, 2.24) is 14.8 Å². The van der Waals surface area contributed by atoms with Gasteiger partial charge in [0.25, 0.3) is 5.91 Å². The van der Waals surface area contributed by atoms with Crippen LogP contribution < -0.4 is 20.1 Å². The Morgan fingerprint density at radius 2 is 1.84 bits per heavy atom. The van der Waals surface area contributed by atoms with Crippen LogP contribution in [0.4, 0.5) is 16.0 Å². The minimum absolute atomic E-state index is 0.245. The smallest absolute Gasteiger partial charge is 0.255 e. The maximum Gasteiger partial charge on any atom is 0.255 e. The van der Waals surface area contributed by atoms with E-state index in [0.717, 1.165) is 22.4 Å². The maximum atomic E-state index is 13.7. The van der Waals surface area contributed by atoms with Crippen molar-refractivity contribution in [3.8, 4) is 11.5 Å². The van der Waals surface area contributed by atoms with Crippen LogP contribution in [0.1, 0.15) is 36.6 Å². The molecule has 8 nitrogen and oxygen atoms in total. The van der Waals surface area contributed by atoms with Crippen molar-refractivity contribution < 1.29 is 18.7 Å². The number of anilines is 2. The maximum absolute atomic E-state index is 13.7. The molecule has 0 aliphatic carbocycles. The molecule has 3 aromatic carbocycles. The normalized spacial score (nSPS) is 14.5. The average molecular weight is 514 g/mol. The van der Waals surface area contributed by atoms with E-state index in [2.05, 4.69) is 20.7 Å². The van der Waals surface area contributed by atoms with E-state index < -0.39 is 6.04 Å². The van der Waals surface area contributed by atoms with Crippen LogP contribution in [0.25, 0.3) is 0 Å². The van der Waals surface area contributed by atoms with Gasteiger partial charge in [0.15, 0.2) is 11.5 Å². The van der Waals surface area contributed by atoms with Gasteiger partial charge in [-0.15, -0.1) is 0 Å². The van der Waals surface area contributed by atoms with Gasteiger partial charge in [-0.1, -0.05) is 36.4 Å². The molecular formula is C29H28FN5O3. The molecule has 194 valence electrons. The van der Waals surface area contributed by atoms with Gasteiger partial charge in [0.2, 0.25) is 5.95 Å². The average Bonchev–Trinajstić information content (AvgIpc) is 3.37. The number of benzene rings is 3. The Balaban J connectivity index is 1.49. The number of fused-ring (bicyclic) bond motifs is 1. The molecule has 0 fully saturated rings. The molecule has 38 heavy (non-hydrogen) atoms. The van der Waals surface area contributed by atoms with Crippen LogP contribution in [0.2, 0.25) is 0 Å². The lowest BCUT2D eigenvalue weighted by atomic mass is 9.94. The second-order valence-electron chi connectivity index (χ2n) is 8.92. The lowest BCUT2D eigenvalue weighted by molar-refractivity contribution is -0.113. The molecule has 1 aromatic heterocycles. The molecule has 0 unspecified atom stereocenters. The van der Waals surface area contributed by atoms with Gasteiger partial charge in [-0.05, 0) is 67.8 Å². The van der Waals surface area contributed by atoms with Crippen LogP contribution in [0.3, 0.4) is 0 Å². The molecule has 1 atom stereocenters. The fraction of sp³-hybridized carbons (Fsp3) is 0.207. The summed E-state index contributed by atoms with van der Waals surface area (Å²) in [5.41, 5.74) is 4.50. The number of hydrogen-bond donors (Lipinski definition) is 2. The molecule has 0 bridgehead atoms. The molecule has 1 aliphatic rings. The molecule has 1 aliphatic heterocycles. The van der Waals surface area contributed by atoms with Gasteiger partial charge >= 0.3 is 0 Å². The first kappa shape index (κ1) is 25.0. The fourth-order valence-electron chi connectivity index (χ4n) is 4.42. The number of aryl methyl sites for hydroxylation is 1. The summed E-state index contributed by atoms with van der Waals surface area (Å²) in [5, 5.41) is 10.6. The number of para-hydroxylation sites is 1. The zero-order valence-corrected chi connectivity index (χ0v) is 21.4. The standard InChI is InChI=1S/C29H28FN5O3/c1-4-37-25-15-21(11-14-24(25)38-16-20-9-12-22(30)13-10-20)27-26(19(3)33-29-31-17-32-35(27)29)28(36)34-23-8-6-5-7-18(23)2/h5-15,17,27H,4,16H2,1-3H3,(H,34,36)(H,31,32,33)/t27-/m1/s1. The number of halogens is 1. The van der Waals surface area contributed by atoms with E-state index in [1.54, 1.807) is 16.8 Å². The van der Waals surface area contributed by atoms with Crippen LogP contribution in [0.15, 0.2) is 84.3 Å². The van der Waals surface area contributed by atoms with Crippen LogP contribution in [-0.4, -0.2) is 27.3 Å². The van der Waals surface area contributed by atoms with Crippen molar-refractivity contribution in [3.05, 3.63) is 107 Å². The Kier molecular flexibility index (Phi) is 7.08. The summed E-state index contributed by atoms with van der Waals surface area (Å²) in [6, 6.07) is 18.8. The first-order valence-electron chi connectivity index (χ1n) is 12.3. The summed E-state index contributed by atoms with van der Waals surface area (Å²) >= 11 is 0. The summed E-state index contributed by atoms with van der Waals surface area (Å²) < 4.78 is 26.9. The quantitative estimate of drug-likeness (QED) is 0.317. The number of nitrogens with zero attached hydrogens (tertiary/aromatic N) is 3. The van der Waals surface area contributed by atoms with Crippen LogP contribution in [0.5, 0.6) is 11.5 Å². The van der Waals surface area contributed by atoms with Gasteiger partial charge < -0.3 is 20.1 Å². The van der Waals surface area contributed by atoms with Crippen molar-refractivity contribution in [2.45, 2.75) is 33.4 Å². The predicted octanol–water partition coefficient (Wildman–Crippen LogP) is 5.63. The van der Waals surface area contributed by atoms with E-state index in [-0.39, 0.29) is 18.3 Å². The molecule has 0 saturated heterocycles. The van der Waals surface area contributed by atoms with E-state index in [1.165, 1.54) is 18.5 Å². The van der Waals surface area contributed by atoms with Crippen LogP contribution in [-0.2, 0) is 11.4 Å². The second-order valence-corrected chi connectivity index (χ2v) is 8.92. The van der Waals surface area contributed by atoms with Crippen molar-refractivity contribution in [3.63, 3.8) is 0 Å². The fourth-order valence-corrected chi connectivity index (χ4v) is 4.42. The molecule has 9 heteroatoms. The Bertz CT molecular complexity index is 1500. The first-order valence-corrected chi connectivity index (χ1v) is 12.3. The number of rotatable bonds is 8. The Hall–Kier alpha value is -4.66. The summed E-state index contributed by atoms with van der Waals surface area (Å²) in [6.45, 7) is 6.36. The number of ether oxygens (including phenoxy) is 2. The van der Waals surface area contributed by atoms with Crippen LogP contribution >= 0.6 is 0 Å². The van der Waals surface area contributed by atoms with Gasteiger partial charge in [-0.2, -0.15) is 10.1 Å². The number of carbonyl (C=O) groups excluding carboxylic acids is 1. The molecule has 0 spiro atoms. The number of nitrogens with one attached hydrogen (secondary N) is 2. The van der Waals surface area contributed by atoms with Crippen molar-refractivity contribution in [2.75, 3.05) is 17.2 Å². The van der Waals surface area contributed by atoms with Gasteiger partial charge in [0.1, 0.15) is 24.8 Å². The van der Waals surface area contributed by atoms with Gasteiger partial charge in [0, 0.05) is 11.4 Å². The molecule has 2 heterocycles. The SMILES string of the molecule is CCOc1cc([C@@H]2C(C(=O)Nc3ccccc3C)=C(C)Nc3ncnn32)ccc1OCc1ccc(F)cc1. The predicted molar refractivity (Wildman–Crippen MR) is 143 cm³/mol. The number of carbonyl (C=O) groups is 1. The van der Waals surface area contributed by atoms with E-state index in [9.17, 15) is 9.18 Å². The minimum atomic E-state index is -0.553. The largest absolute Gasteiger partial charge is 0.490 e. The number of amides is 1. The number of hydrogen-bond acceptors (Lipinski definition) is 6. The van der Waals surface area contributed by atoms with Crippen molar-refractivity contribution >= 4 is 17.5 Å². The highest BCUT2D eigenvalue weighted by Gasteiger charge is 2.34. The molecule has 2 N–H and O–H groups in total. The van der Waals surface area contributed by atoms with Gasteiger partial charge in [0.05, 0.1) is 12.2 Å². The summed E-state index contributed by atoms with van der Waals surface area (Å²) in [5.74, 6) is 1.07. The van der Waals surface area contributed by atoms with Gasteiger partial charge in [-0.25, -0.2) is 9.07 Å². The Labute approximate surface area is 220 Å². The second kappa shape index (κ2) is 10.8. The monoisotopic (exact) mass is 513 g/mol. The lowest BCUT2D eigenvalue weighted by Crippen LogP contribution is -2.31. The summed E-state index contributed by atoms with van der Waals surface area (Å²) in [6.07, 6.45) is 1.45. The third kappa shape index (κ3) is 5.08. The third-order valence-corrected chi connectivity index (χ3v) is 6.32. The molecular weight excluding hydrogens is 485 g/mol. The highest BCUT2D eigenvalue weighted by Crippen LogP contribution is 2.39. The summed E-state index contributed by atoms with van der Waals surface area (Å²) in [7, 11) is 0. The van der Waals surface area contributed by atoms with Crippen LogP contribution in [0, 0.1) is 12.7 Å². The molecule has 5 rings (SSSR count). The highest BCUT2D eigenvalue weighted by atomic mass is 19.1. The molecule has 0 saturated carbocycles. The number of aromatic nitrogens is 3. The van der Waals surface area contributed by atoms with E-state index >= 15 is 0 Å². The topological polar surface area (TPSA) is 90.3 Å². The van der Waals surface area contributed by atoms with E-state index in [1.807, 2.05) is 63.2 Å². The molecule has 4 aromatic rings. The lowest BCUT2D eigenvalue weighted by Gasteiger charge is -2.29. The van der Waals surface area contributed by atoms with E-state index in [4.69, 9.17) is 9.47 Å². The Morgan fingerprint density at radius 1 is 1.05 bits per heavy atom. The van der Waals surface area contributed by atoms with Gasteiger partial charge in [-0.3, -0.25) is 4.79 Å². The molecule has 0 radical (unpaired) electrons. The minimum Gasteiger partial charge on any atom is -0.490 e. The van der Waals surface area contributed by atoms with E-state index in [0.29, 0.717) is 35.3 Å². The highest BCUT2D eigenvalue weighted by molar-refractivity contribution is 6.06. The molecule has 1 amide bonds. The summed E-state index contributed by atoms with van der Waals surface area (Å²) in [4.78, 5) is 18.0. The number of allylic oxidation sites excluding steroid dienone is 1. The third-order valence-electron chi connectivity index (χ3n) is 6.32. The van der Waals surface area contributed by atoms with Crippen molar-refractivity contribution in [1.29, 1.82) is 0 Å². The zero-order chi connectivity index (χ0) is 26.6. The first-order chi connectivity index (χ1) is 18.4. The zero-order valence-electron chi connectivity index (χ0n) is 21.4. The Morgan fingerprint density at radius 3 is 2.61 bits per heavy atom. The van der Waals surface area contributed by atoms with Crippen molar-refractivity contribution in [2.24, 2.45) is 0 Å².